The molecular formula is C16H16N2O3. The van der Waals surface area contributed by atoms with Gasteiger partial charge in [-0.2, -0.15) is 0 Å². The van der Waals surface area contributed by atoms with Crippen molar-refractivity contribution in [3.63, 3.8) is 0 Å². The van der Waals surface area contributed by atoms with Gasteiger partial charge in [-0.05, 0) is 41.3 Å². The lowest BCUT2D eigenvalue weighted by atomic mass is 10.1. The van der Waals surface area contributed by atoms with E-state index in [9.17, 15) is 9.90 Å². The molecule has 5 nitrogen and oxygen atoms in total. The fraction of sp³-hybridized carbons (Fsp3) is 0.188. The summed E-state index contributed by atoms with van der Waals surface area (Å²) in [5, 5.41) is 13.9. The lowest BCUT2D eigenvalue weighted by Gasteiger charge is -2.12. The number of rotatable bonds is 4. The van der Waals surface area contributed by atoms with E-state index in [2.05, 4.69) is 5.32 Å². The van der Waals surface area contributed by atoms with E-state index in [1.807, 2.05) is 42.1 Å². The van der Waals surface area contributed by atoms with E-state index in [4.69, 9.17) is 4.42 Å². The maximum Gasteiger partial charge on any atom is 0.287 e. The average molecular weight is 284 g/mol. The Bertz CT molecular complexity index is 759. The third-order valence-electron chi connectivity index (χ3n) is 3.49. The zero-order valence-corrected chi connectivity index (χ0v) is 11.6. The monoisotopic (exact) mass is 284 g/mol. The lowest BCUT2D eigenvalue weighted by Crippen LogP contribution is -2.28. The van der Waals surface area contributed by atoms with Crippen LogP contribution in [0.3, 0.4) is 0 Å². The van der Waals surface area contributed by atoms with Crippen LogP contribution in [0, 0.1) is 0 Å². The molecular weight excluding hydrogens is 268 g/mol. The summed E-state index contributed by atoms with van der Waals surface area (Å²) in [5.74, 6) is -0.0967. The molecule has 2 heterocycles. The van der Waals surface area contributed by atoms with Gasteiger partial charge in [-0.15, -0.1) is 0 Å². The molecule has 3 rings (SSSR count). The smallest absolute Gasteiger partial charge is 0.287 e. The van der Waals surface area contributed by atoms with Crippen molar-refractivity contribution in [2.24, 2.45) is 7.05 Å². The number of nitrogens with zero attached hydrogens (tertiary/aromatic N) is 1. The van der Waals surface area contributed by atoms with Crippen molar-refractivity contribution < 1.29 is 14.3 Å². The second-order valence-electron chi connectivity index (χ2n) is 4.95. The first-order chi connectivity index (χ1) is 10.1. The largest absolute Gasteiger partial charge is 0.459 e. The topological polar surface area (TPSA) is 67.4 Å². The van der Waals surface area contributed by atoms with Gasteiger partial charge < -0.3 is 19.4 Å². The summed E-state index contributed by atoms with van der Waals surface area (Å²) >= 11 is 0. The first kappa shape index (κ1) is 13.5. The lowest BCUT2D eigenvalue weighted by molar-refractivity contribution is 0.0889. The van der Waals surface area contributed by atoms with E-state index in [0.29, 0.717) is 0 Å². The van der Waals surface area contributed by atoms with E-state index in [-0.39, 0.29) is 18.2 Å². The van der Waals surface area contributed by atoms with Crippen LogP contribution in [-0.4, -0.2) is 22.1 Å². The molecule has 2 N–H and O–H groups in total. The van der Waals surface area contributed by atoms with Crippen molar-refractivity contribution in [1.82, 2.24) is 9.88 Å². The Hall–Kier alpha value is -2.53. The Morgan fingerprint density at radius 3 is 3.00 bits per heavy atom. The highest BCUT2D eigenvalue weighted by Gasteiger charge is 2.13. The van der Waals surface area contributed by atoms with Crippen LogP contribution in [0.2, 0.25) is 0 Å². The minimum Gasteiger partial charge on any atom is -0.459 e. The van der Waals surface area contributed by atoms with Crippen molar-refractivity contribution in [1.29, 1.82) is 0 Å². The number of amides is 1. The normalized spacial score (nSPS) is 12.5. The van der Waals surface area contributed by atoms with Gasteiger partial charge in [0.25, 0.3) is 5.91 Å². The Balaban J connectivity index is 1.69. The van der Waals surface area contributed by atoms with Crippen LogP contribution < -0.4 is 5.32 Å². The standard InChI is InChI=1S/C16H16N2O3/c1-18-7-6-11-9-12(4-5-13(11)18)14(19)10-17-16(20)15-3-2-8-21-15/h2-9,14,19H,10H2,1H3,(H,17,20). The van der Waals surface area contributed by atoms with Crippen LogP contribution in [0.25, 0.3) is 10.9 Å². The maximum absolute atomic E-state index is 11.7. The second-order valence-corrected chi connectivity index (χ2v) is 4.95. The van der Waals surface area contributed by atoms with Crippen molar-refractivity contribution in [3.8, 4) is 0 Å². The number of aliphatic hydroxyl groups excluding tert-OH is 1. The number of benzene rings is 1. The molecule has 2 aromatic heterocycles. The summed E-state index contributed by atoms with van der Waals surface area (Å²) in [6, 6.07) is 11.0. The molecule has 21 heavy (non-hydrogen) atoms. The number of hydrogen-bond donors (Lipinski definition) is 2. The highest BCUT2D eigenvalue weighted by Crippen LogP contribution is 2.20. The third-order valence-corrected chi connectivity index (χ3v) is 3.49. The van der Waals surface area contributed by atoms with Gasteiger partial charge in [0.1, 0.15) is 0 Å². The molecule has 1 amide bonds. The first-order valence-electron chi connectivity index (χ1n) is 6.70. The number of nitrogens with one attached hydrogen (secondary N) is 1. The van der Waals surface area contributed by atoms with E-state index >= 15 is 0 Å². The molecule has 1 atom stereocenters. The molecule has 0 aliphatic heterocycles. The molecule has 0 aliphatic rings. The molecule has 0 saturated carbocycles. The summed E-state index contributed by atoms with van der Waals surface area (Å²) in [4.78, 5) is 11.7. The van der Waals surface area contributed by atoms with Gasteiger partial charge in [-0.1, -0.05) is 6.07 Å². The highest BCUT2D eigenvalue weighted by atomic mass is 16.3. The van der Waals surface area contributed by atoms with Crippen molar-refractivity contribution >= 4 is 16.8 Å². The summed E-state index contributed by atoms with van der Waals surface area (Å²) in [6.45, 7) is 0.137. The predicted molar refractivity (Wildman–Crippen MR) is 78.9 cm³/mol. The summed E-state index contributed by atoms with van der Waals surface area (Å²) in [7, 11) is 1.97. The number of aromatic nitrogens is 1. The first-order valence-corrected chi connectivity index (χ1v) is 6.70. The van der Waals surface area contributed by atoms with Crippen LogP contribution in [0.1, 0.15) is 22.2 Å². The Morgan fingerprint density at radius 1 is 1.38 bits per heavy atom. The number of carbonyl (C=O) groups excluding carboxylic acids is 1. The van der Waals surface area contributed by atoms with E-state index in [1.54, 1.807) is 12.1 Å². The molecule has 1 aromatic carbocycles. The van der Waals surface area contributed by atoms with E-state index in [0.717, 1.165) is 16.5 Å². The molecule has 0 fully saturated rings. The minimum absolute atomic E-state index is 0.137. The highest BCUT2D eigenvalue weighted by molar-refractivity contribution is 5.91. The predicted octanol–water partition coefficient (Wildman–Crippen LogP) is 2.23. The van der Waals surface area contributed by atoms with Crippen LogP contribution >= 0.6 is 0 Å². The number of hydrogen-bond acceptors (Lipinski definition) is 3. The van der Waals surface area contributed by atoms with E-state index in [1.165, 1.54) is 6.26 Å². The summed E-state index contributed by atoms with van der Waals surface area (Å²) in [6.07, 6.45) is 2.65. The van der Waals surface area contributed by atoms with Gasteiger partial charge in [-0.25, -0.2) is 0 Å². The maximum atomic E-state index is 11.7. The molecule has 3 aromatic rings. The molecule has 0 saturated heterocycles. The van der Waals surface area contributed by atoms with Crippen molar-refractivity contribution in [2.75, 3.05) is 6.54 Å². The zero-order chi connectivity index (χ0) is 14.8. The fourth-order valence-corrected chi connectivity index (χ4v) is 2.31. The van der Waals surface area contributed by atoms with Gasteiger partial charge in [0.15, 0.2) is 5.76 Å². The Kier molecular flexibility index (Phi) is 3.50. The third kappa shape index (κ3) is 2.68. The number of carbonyl (C=O) groups is 1. The van der Waals surface area contributed by atoms with Gasteiger partial charge >= 0.3 is 0 Å². The molecule has 0 radical (unpaired) electrons. The molecule has 0 spiro atoms. The van der Waals surface area contributed by atoms with Gasteiger partial charge in [-0.3, -0.25) is 4.79 Å². The van der Waals surface area contributed by atoms with Gasteiger partial charge in [0, 0.05) is 25.3 Å². The number of aryl methyl sites for hydroxylation is 1. The van der Waals surface area contributed by atoms with Crippen LogP contribution in [0.15, 0.2) is 53.3 Å². The quantitative estimate of drug-likeness (QED) is 0.772. The Morgan fingerprint density at radius 2 is 2.24 bits per heavy atom. The van der Waals surface area contributed by atoms with Crippen molar-refractivity contribution in [3.05, 3.63) is 60.2 Å². The number of furan rings is 1. The molecule has 5 heteroatoms. The molecule has 0 aliphatic carbocycles. The fourth-order valence-electron chi connectivity index (χ4n) is 2.31. The van der Waals surface area contributed by atoms with Crippen LogP contribution in [0.4, 0.5) is 0 Å². The summed E-state index contributed by atoms with van der Waals surface area (Å²) in [5.41, 5.74) is 1.87. The Labute approximate surface area is 121 Å². The molecule has 1 unspecified atom stereocenters. The number of aliphatic hydroxyl groups is 1. The SMILES string of the molecule is Cn1ccc2cc(C(O)CNC(=O)c3ccco3)ccc21. The minimum atomic E-state index is -0.756. The van der Waals surface area contributed by atoms with Gasteiger partial charge in [0.05, 0.1) is 12.4 Å². The average Bonchev–Trinajstić information content (AvgIpc) is 3.14. The van der Waals surface area contributed by atoms with Gasteiger partial charge in [0.2, 0.25) is 0 Å². The van der Waals surface area contributed by atoms with Crippen molar-refractivity contribution in [2.45, 2.75) is 6.10 Å². The zero-order valence-electron chi connectivity index (χ0n) is 11.6. The number of fused-ring (bicyclic) bond motifs is 1. The van der Waals surface area contributed by atoms with Crippen LogP contribution in [0.5, 0.6) is 0 Å². The van der Waals surface area contributed by atoms with Crippen LogP contribution in [-0.2, 0) is 7.05 Å². The van der Waals surface area contributed by atoms with E-state index < -0.39 is 6.10 Å². The summed E-state index contributed by atoms with van der Waals surface area (Å²) < 4.78 is 7.02. The molecule has 0 bridgehead atoms. The molecule has 108 valence electrons. The second kappa shape index (κ2) is 5.46.